The van der Waals surface area contributed by atoms with Crippen LogP contribution < -0.4 is 21.3 Å². The van der Waals surface area contributed by atoms with Crippen molar-refractivity contribution in [2.75, 3.05) is 108 Å². The maximum atomic E-state index is 12.8. The highest BCUT2D eigenvalue weighted by atomic mass is 16.4. The quantitative estimate of drug-likeness (QED) is 0.0815. The Hall–Kier alpha value is -4.99. The van der Waals surface area contributed by atoms with Crippen LogP contribution in [0.2, 0.25) is 0 Å². The fourth-order valence-electron chi connectivity index (χ4n) is 3.93. The normalized spacial score (nSPS) is 10.1. The summed E-state index contributed by atoms with van der Waals surface area (Å²) in [5.74, 6) is -1.92. The number of hydrogen-bond donors (Lipinski definition) is 5. The monoisotopic (exact) mass is 735 g/mol. The molecule has 0 rings (SSSR count). The summed E-state index contributed by atoms with van der Waals surface area (Å²) in [7, 11) is 10.0. The molecule has 0 unspecified atom stereocenters. The summed E-state index contributed by atoms with van der Waals surface area (Å²) in [4.78, 5) is 70.7. The smallest absolute Gasteiger partial charge is 0.322 e. The summed E-state index contributed by atoms with van der Waals surface area (Å²) in [6, 6.07) is 0.308. The summed E-state index contributed by atoms with van der Waals surface area (Å²) >= 11 is 0. The molecule has 0 aromatic rings. The number of aliphatic carboxylic acids is 1. The summed E-state index contributed by atoms with van der Waals surface area (Å²) in [6.07, 6.45) is 0. The lowest BCUT2D eigenvalue weighted by Crippen LogP contribution is -2.43. The van der Waals surface area contributed by atoms with Gasteiger partial charge in [-0.25, -0.2) is 0 Å². The molecule has 0 bridgehead atoms. The molecule has 16 nitrogen and oxygen atoms in total. The SMILES string of the molecule is C=C(CN(C)C(=O)CN(C)C(=C)CNC(=O)CN(C)C(=C)CN(C)C(=O)CNC(=C)CN(C)C(=O)CN(C)C(=C)CNC(C)C)NCC(=O)O.CC. The number of carboxylic acid groups (broad SMARTS) is 1. The molecule has 0 saturated carbocycles. The van der Waals surface area contributed by atoms with E-state index in [1.165, 1.54) is 14.7 Å². The van der Waals surface area contributed by atoms with Crippen molar-refractivity contribution < 1.29 is 29.1 Å². The molecule has 4 amide bonds. The fourth-order valence-corrected chi connectivity index (χ4v) is 3.93. The van der Waals surface area contributed by atoms with Crippen LogP contribution in [-0.2, 0) is 24.0 Å². The number of rotatable bonds is 26. The maximum Gasteiger partial charge on any atom is 0.322 e. The summed E-state index contributed by atoms with van der Waals surface area (Å²) < 4.78 is 0. The Bertz CT molecular complexity index is 1270. The molecular weight excluding hydrogens is 668 g/mol. The average Bonchev–Trinajstić information content (AvgIpc) is 3.07. The van der Waals surface area contributed by atoms with Crippen molar-refractivity contribution in [3.8, 4) is 0 Å². The van der Waals surface area contributed by atoms with Gasteiger partial charge in [0.05, 0.1) is 52.4 Å². The Balaban J connectivity index is 0. The lowest BCUT2D eigenvalue weighted by Gasteiger charge is -2.27. The number of hydrogen-bond acceptors (Lipinski definition) is 11. The lowest BCUT2D eigenvalue weighted by atomic mass is 10.3. The van der Waals surface area contributed by atoms with Gasteiger partial charge in [-0.2, -0.15) is 0 Å². The molecule has 5 N–H and O–H groups in total. The largest absolute Gasteiger partial charge is 0.480 e. The number of nitrogens with zero attached hydrogens (tertiary/aromatic N) is 6. The van der Waals surface area contributed by atoms with Gasteiger partial charge in [-0.05, 0) is 0 Å². The van der Waals surface area contributed by atoms with Gasteiger partial charge in [0.2, 0.25) is 23.6 Å². The standard InChI is InChI=1S/C34H60N10O6.C2H6/c1-24(2)35-14-27(5)40(9)22-32(47)42(11)18-25(3)36-16-31(46)44(13)20-29(7)39(8)21-30(45)38-15-28(6)41(10)23-33(48)43(12)19-26(4)37-17-34(49)50;1-2/h24,35-37H,3-7,14-23H2,1-2,8-13H3,(H,38,45)(H,49,50);1-2H3. The van der Waals surface area contributed by atoms with Crippen molar-refractivity contribution in [2.45, 2.75) is 33.7 Å². The number of likely N-dealkylation sites (N-methyl/N-ethyl adjacent to an activating group) is 6. The zero-order valence-electron chi connectivity index (χ0n) is 33.4. The van der Waals surface area contributed by atoms with Crippen molar-refractivity contribution in [1.82, 2.24) is 50.7 Å². The molecule has 0 aromatic carbocycles. The molecule has 0 spiro atoms. The van der Waals surface area contributed by atoms with E-state index < -0.39 is 5.97 Å². The number of carboxylic acids is 1. The highest BCUT2D eigenvalue weighted by Gasteiger charge is 2.18. The van der Waals surface area contributed by atoms with Gasteiger partial charge in [0, 0.05) is 83.4 Å². The molecule has 0 heterocycles. The van der Waals surface area contributed by atoms with Gasteiger partial charge >= 0.3 is 5.97 Å². The van der Waals surface area contributed by atoms with Crippen LogP contribution in [0.3, 0.4) is 0 Å². The third kappa shape index (κ3) is 22.0. The van der Waals surface area contributed by atoms with Crippen molar-refractivity contribution in [3.05, 3.63) is 61.4 Å². The van der Waals surface area contributed by atoms with Crippen LogP contribution in [0.5, 0.6) is 0 Å². The van der Waals surface area contributed by atoms with Crippen molar-refractivity contribution in [1.29, 1.82) is 0 Å². The van der Waals surface area contributed by atoms with Crippen LogP contribution in [0.4, 0.5) is 0 Å². The molecule has 0 saturated heterocycles. The average molecular weight is 735 g/mol. The van der Waals surface area contributed by atoms with Gasteiger partial charge in [0.25, 0.3) is 0 Å². The second kappa shape index (κ2) is 25.9. The number of nitrogens with one attached hydrogen (secondary N) is 4. The van der Waals surface area contributed by atoms with Gasteiger partial charge < -0.3 is 55.8 Å². The molecular formula is C36H66N10O6. The first-order valence-electron chi connectivity index (χ1n) is 17.1. The molecule has 16 heteroatoms. The van der Waals surface area contributed by atoms with Gasteiger partial charge in [0.15, 0.2) is 0 Å². The lowest BCUT2D eigenvalue weighted by molar-refractivity contribution is -0.136. The highest BCUT2D eigenvalue weighted by Crippen LogP contribution is 2.04. The fraction of sp³-hybridized carbons (Fsp3) is 0.583. The second-order valence-corrected chi connectivity index (χ2v) is 12.6. The van der Waals surface area contributed by atoms with Crippen molar-refractivity contribution in [2.24, 2.45) is 0 Å². The number of amides is 4. The highest BCUT2D eigenvalue weighted by molar-refractivity contribution is 5.80. The zero-order chi connectivity index (χ0) is 40.7. The Morgan fingerprint density at radius 2 is 0.904 bits per heavy atom. The van der Waals surface area contributed by atoms with Crippen LogP contribution in [0.1, 0.15) is 27.7 Å². The Kier molecular flexibility index (Phi) is 24.5. The van der Waals surface area contributed by atoms with Gasteiger partial charge in [0.1, 0.15) is 6.54 Å². The van der Waals surface area contributed by atoms with E-state index in [-0.39, 0.29) is 82.5 Å². The van der Waals surface area contributed by atoms with Crippen LogP contribution in [0.25, 0.3) is 0 Å². The third-order valence-electron chi connectivity index (χ3n) is 7.48. The number of carbonyl (C=O) groups excluding carboxylic acids is 4. The van der Waals surface area contributed by atoms with Crippen molar-refractivity contribution >= 4 is 29.6 Å². The molecule has 0 fully saturated rings. The molecule has 0 atom stereocenters. The van der Waals surface area contributed by atoms with Crippen LogP contribution in [0, 0.1) is 0 Å². The predicted octanol–water partition coefficient (Wildman–Crippen LogP) is 0.130. The Morgan fingerprint density at radius 1 is 0.500 bits per heavy atom. The molecule has 0 aliphatic heterocycles. The van der Waals surface area contributed by atoms with E-state index in [1.54, 1.807) is 49.9 Å². The Labute approximate surface area is 311 Å². The van der Waals surface area contributed by atoms with Crippen LogP contribution >= 0.6 is 0 Å². The van der Waals surface area contributed by atoms with E-state index in [9.17, 15) is 24.0 Å². The van der Waals surface area contributed by atoms with Gasteiger partial charge in [-0.15, -0.1) is 0 Å². The minimum absolute atomic E-state index is 0.00359. The van der Waals surface area contributed by atoms with E-state index in [0.717, 1.165) is 5.70 Å². The first-order chi connectivity index (χ1) is 24.1. The van der Waals surface area contributed by atoms with E-state index in [1.807, 2.05) is 34.7 Å². The van der Waals surface area contributed by atoms with E-state index in [4.69, 9.17) is 5.11 Å². The predicted molar refractivity (Wildman–Crippen MR) is 208 cm³/mol. The summed E-state index contributed by atoms with van der Waals surface area (Å²) in [5.41, 5.74) is 2.76. The van der Waals surface area contributed by atoms with Gasteiger partial charge in [-0.1, -0.05) is 60.6 Å². The van der Waals surface area contributed by atoms with Crippen LogP contribution in [0.15, 0.2) is 61.4 Å². The van der Waals surface area contributed by atoms with Gasteiger partial charge in [-0.3, -0.25) is 24.0 Å². The van der Waals surface area contributed by atoms with E-state index in [2.05, 4.69) is 54.2 Å². The number of carbonyl (C=O) groups is 5. The van der Waals surface area contributed by atoms with Crippen molar-refractivity contribution in [3.63, 3.8) is 0 Å². The molecule has 52 heavy (non-hydrogen) atoms. The van der Waals surface area contributed by atoms with E-state index in [0.29, 0.717) is 35.4 Å². The topological polar surface area (TPSA) is 173 Å². The second-order valence-electron chi connectivity index (χ2n) is 12.6. The molecule has 0 aliphatic rings. The zero-order valence-corrected chi connectivity index (χ0v) is 33.4. The molecule has 0 radical (unpaired) electrons. The summed E-state index contributed by atoms with van der Waals surface area (Å²) in [6.45, 7) is 28.7. The first kappa shape index (κ1) is 49.1. The minimum Gasteiger partial charge on any atom is -0.480 e. The van der Waals surface area contributed by atoms with E-state index >= 15 is 0 Å². The minimum atomic E-state index is -1.03. The first-order valence-corrected chi connectivity index (χ1v) is 17.1. The maximum absolute atomic E-state index is 12.8. The Morgan fingerprint density at radius 3 is 1.35 bits per heavy atom. The van der Waals surface area contributed by atoms with Crippen LogP contribution in [-0.4, -0.2) is 178 Å². The molecule has 0 aromatic heterocycles. The summed E-state index contributed by atoms with van der Waals surface area (Å²) in [5, 5.41) is 20.4. The molecule has 0 aliphatic carbocycles. The molecule has 296 valence electrons. The third-order valence-corrected chi connectivity index (χ3v) is 7.48.